The summed E-state index contributed by atoms with van der Waals surface area (Å²) in [5.74, 6) is 0.737. The summed E-state index contributed by atoms with van der Waals surface area (Å²) in [5.41, 5.74) is 1.92. The number of benzene rings is 2. The Morgan fingerprint density at radius 2 is 0.887 bits per heavy atom. The molecule has 5 heteroatoms. The molecule has 4 nitrogen and oxygen atoms in total. The zero-order valence-electron chi connectivity index (χ0n) is 34.1. The number of aromatic nitrogens is 2. The lowest BCUT2D eigenvalue weighted by atomic mass is 10.0. The topological polar surface area (TPSA) is 48.9 Å². The molecule has 53 heavy (non-hydrogen) atoms. The van der Waals surface area contributed by atoms with E-state index in [1.807, 2.05) is 69.8 Å². The van der Waals surface area contributed by atoms with Gasteiger partial charge in [-0.2, -0.15) is 9.13 Å². The molecule has 0 bridgehead atoms. The van der Waals surface area contributed by atoms with Crippen LogP contribution < -0.4 is 15.2 Å². The highest BCUT2D eigenvalue weighted by Crippen LogP contribution is 2.25. The first-order chi connectivity index (χ1) is 26.2. The highest BCUT2D eigenvalue weighted by atomic mass is 32.2. The number of hydrogen-bond acceptors (Lipinski definition) is 3. The van der Waals surface area contributed by atoms with Gasteiger partial charge in [-0.3, -0.25) is 0 Å². The molecule has 0 amide bonds. The third-order valence-electron chi connectivity index (χ3n) is 10.8. The fourth-order valence-electron chi connectivity index (χ4n) is 7.54. The summed E-state index contributed by atoms with van der Waals surface area (Å²) in [6.07, 6.45) is 37.2. The smallest absolute Gasteiger partial charge is 0.345 e. The van der Waals surface area contributed by atoms with Crippen molar-refractivity contribution in [3.05, 3.63) is 76.6 Å². The van der Waals surface area contributed by atoms with Crippen molar-refractivity contribution in [3.63, 3.8) is 0 Å². The number of nitrogens with zero attached hydrogens (tertiary/aromatic N) is 2. The van der Waals surface area contributed by atoms with Gasteiger partial charge in [0.2, 0.25) is 0 Å². The van der Waals surface area contributed by atoms with E-state index >= 15 is 0 Å². The predicted octanol–water partition coefficient (Wildman–Crippen LogP) is 13.8. The van der Waals surface area contributed by atoms with Crippen molar-refractivity contribution >= 4 is 11.8 Å². The van der Waals surface area contributed by atoms with E-state index in [2.05, 4.69) is 13.8 Å². The summed E-state index contributed by atoms with van der Waals surface area (Å²) >= 11 is 1.66. The molecule has 1 heterocycles. The molecule has 0 unspecified atom stereocenters. The molecule has 2 aromatic carbocycles. The van der Waals surface area contributed by atoms with Crippen molar-refractivity contribution in [2.24, 2.45) is 0 Å². The van der Waals surface area contributed by atoms with Crippen LogP contribution in [0.2, 0.25) is 0 Å². The van der Waals surface area contributed by atoms with Crippen LogP contribution in [0, 0.1) is 0 Å². The average Bonchev–Trinajstić information content (AvgIpc) is 3.18. The number of para-hydroxylation sites is 2. The second-order valence-electron chi connectivity index (χ2n) is 15.5. The molecule has 0 spiro atoms. The second-order valence-corrected chi connectivity index (χ2v) is 16.6. The Balaban J connectivity index is 1.53. The van der Waals surface area contributed by atoms with E-state index in [1.54, 1.807) is 11.8 Å². The van der Waals surface area contributed by atoms with Gasteiger partial charge in [-0.05, 0) is 55.3 Å². The van der Waals surface area contributed by atoms with Gasteiger partial charge in [-0.25, -0.2) is 4.79 Å². The summed E-state index contributed by atoms with van der Waals surface area (Å²) < 4.78 is 3.64. The molecule has 296 valence electrons. The third-order valence-corrected chi connectivity index (χ3v) is 12.0. The van der Waals surface area contributed by atoms with Crippen molar-refractivity contribution in [1.82, 2.24) is 4.57 Å². The zero-order chi connectivity index (χ0) is 37.6. The van der Waals surface area contributed by atoms with E-state index < -0.39 is 0 Å². The number of rotatable bonds is 33. The minimum atomic E-state index is -0.147. The van der Waals surface area contributed by atoms with E-state index in [4.69, 9.17) is 0 Å². The van der Waals surface area contributed by atoms with Crippen LogP contribution in [0.25, 0.3) is 11.4 Å². The Kier molecular flexibility index (Phi) is 25.2. The molecule has 0 aliphatic carbocycles. The summed E-state index contributed by atoms with van der Waals surface area (Å²) in [6.45, 7) is 4.56. The molecule has 3 aromatic rings. The zero-order valence-corrected chi connectivity index (χ0v) is 34.9. The molecule has 0 atom stereocenters. The van der Waals surface area contributed by atoms with Crippen LogP contribution in [0.4, 0.5) is 0 Å². The Hall–Kier alpha value is -2.53. The molecule has 0 radical (unpaired) electrons. The Morgan fingerprint density at radius 3 is 1.32 bits per heavy atom. The Morgan fingerprint density at radius 1 is 0.509 bits per heavy atom. The predicted molar refractivity (Wildman–Crippen MR) is 228 cm³/mol. The monoisotopic (exact) mass is 745 g/mol. The molecule has 0 fully saturated rings. The minimum absolute atomic E-state index is 0.147. The van der Waals surface area contributed by atoms with Crippen molar-refractivity contribution < 1.29 is 9.67 Å². The molecule has 0 saturated heterocycles. The lowest BCUT2D eigenvalue weighted by molar-refractivity contribution is -0.690. The average molecular weight is 745 g/mol. The summed E-state index contributed by atoms with van der Waals surface area (Å²) in [7, 11) is 0. The van der Waals surface area contributed by atoms with Gasteiger partial charge in [0.05, 0.1) is 11.4 Å². The van der Waals surface area contributed by atoms with Crippen LogP contribution in [0.1, 0.15) is 199 Å². The van der Waals surface area contributed by atoms with Crippen molar-refractivity contribution in [3.8, 4) is 17.3 Å². The van der Waals surface area contributed by atoms with Gasteiger partial charge < -0.3 is 5.11 Å². The maximum absolute atomic E-state index is 14.3. The number of thioether (sulfide) groups is 1. The lowest BCUT2D eigenvalue weighted by Crippen LogP contribution is -2.46. The molecule has 1 aromatic heterocycles. The van der Waals surface area contributed by atoms with Crippen LogP contribution in [-0.2, 0) is 6.42 Å². The highest BCUT2D eigenvalue weighted by molar-refractivity contribution is 7.99. The van der Waals surface area contributed by atoms with E-state index in [0.717, 1.165) is 41.5 Å². The van der Waals surface area contributed by atoms with Crippen molar-refractivity contribution in [2.45, 2.75) is 205 Å². The fraction of sp³-hybridized carbons (Fsp3) is 0.667. The first-order valence-electron chi connectivity index (χ1n) is 22.3. The highest BCUT2D eigenvalue weighted by Gasteiger charge is 2.27. The summed E-state index contributed by atoms with van der Waals surface area (Å²) in [6, 6.07) is 19.9. The van der Waals surface area contributed by atoms with Crippen molar-refractivity contribution in [2.75, 3.05) is 5.75 Å². The largest absolute Gasteiger partial charge is 0.842 e. The number of unbranched alkanes of at least 4 members (excludes halogenated alkanes) is 26. The first kappa shape index (κ1) is 44.9. The molecule has 0 aliphatic rings. The molecule has 0 N–H and O–H groups in total. The van der Waals surface area contributed by atoms with Crippen LogP contribution in [0.5, 0.6) is 5.88 Å². The van der Waals surface area contributed by atoms with Crippen LogP contribution in [0.3, 0.4) is 0 Å². The normalized spacial score (nSPS) is 11.4. The van der Waals surface area contributed by atoms with Gasteiger partial charge in [-0.1, -0.05) is 217 Å². The Bertz CT molecular complexity index is 1370. The van der Waals surface area contributed by atoms with E-state index in [0.29, 0.717) is 12.0 Å². The molecular weight excluding hydrogens is 669 g/mol. The summed E-state index contributed by atoms with van der Waals surface area (Å²) in [4.78, 5) is 14.3. The second kappa shape index (κ2) is 29.8. The van der Waals surface area contributed by atoms with Gasteiger partial charge in [0.1, 0.15) is 11.4 Å². The lowest BCUT2D eigenvalue weighted by Gasteiger charge is -2.20. The van der Waals surface area contributed by atoms with Gasteiger partial charge >= 0.3 is 10.7 Å². The summed E-state index contributed by atoms with van der Waals surface area (Å²) in [5, 5.41) is 15.0. The fourth-order valence-corrected chi connectivity index (χ4v) is 8.71. The first-order valence-corrected chi connectivity index (χ1v) is 23.3. The molecule has 0 aliphatic heterocycles. The van der Waals surface area contributed by atoms with E-state index in [9.17, 15) is 9.90 Å². The maximum atomic E-state index is 14.3. The third kappa shape index (κ3) is 18.1. The van der Waals surface area contributed by atoms with Gasteiger partial charge in [-0.15, -0.1) is 0 Å². The van der Waals surface area contributed by atoms with E-state index in [-0.39, 0.29) is 11.4 Å². The molecule has 3 rings (SSSR count). The molecular formula is C48H76N2O2S. The quantitative estimate of drug-likeness (QED) is 0.0270. The standard InChI is InChI=1S/C48H76N2O2S/c1-3-5-7-9-11-13-15-17-19-21-23-25-27-35-41-45-46(51)49(43-37-31-29-32-38-43)48(50(47(45)52)44-39-33-30-34-40-44)53-42-36-28-26-24-22-20-18-16-14-12-10-8-6-4-2/h29-34,37-40H,3-28,35-36,41-42H2,1-2H3. The SMILES string of the molecule is CCCCCCCCCCCCCCCCSc1n(-c2ccccc2)c(=O)c(CCCCCCCCCCCCCCCC)c([O-])[n+]1-c1ccccc1. The van der Waals surface area contributed by atoms with Crippen LogP contribution in [0.15, 0.2) is 70.6 Å². The van der Waals surface area contributed by atoms with E-state index in [1.165, 1.54) is 161 Å². The minimum Gasteiger partial charge on any atom is -0.842 e. The van der Waals surface area contributed by atoms with Gasteiger partial charge in [0, 0.05) is 5.75 Å². The Labute approximate surface area is 329 Å². The van der Waals surface area contributed by atoms with Gasteiger partial charge in [0.25, 0.3) is 0 Å². The molecule has 0 saturated carbocycles. The van der Waals surface area contributed by atoms with Crippen molar-refractivity contribution in [1.29, 1.82) is 0 Å². The number of hydrogen-bond donors (Lipinski definition) is 0. The van der Waals surface area contributed by atoms with Crippen LogP contribution in [-0.4, -0.2) is 10.3 Å². The van der Waals surface area contributed by atoms with Crippen LogP contribution >= 0.6 is 11.8 Å². The van der Waals surface area contributed by atoms with Gasteiger partial charge in [0.15, 0.2) is 0 Å². The maximum Gasteiger partial charge on any atom is 0.345 e.